The van der Waals surface area contributed by atoms with Crippen LogP contribution in [0.4, 0.5) is 10.5 Å². The summed E-state index contributed by atoms with van der Waals surface area (Å²) in [5, 5.41) is 2.32. The van der Waals surface area contributed by atoms with E-state index in [2.05, 4.69) is 5.32 Å². The van der Waals surface area contributed by atoms with Gasteiger partial charge in [0.2, 0.25) is 5.91 Å². The SMILES string of the molecule is Cc1c(OCc2ccc(C=O)cc2)cccc1N1CCC(=O)NC1=O. The Bertz CT molecular complexity index is 815. The van der Waals surface area contributed by atoms with Crippen LogP contribution >= 0.6 is 0 Å². The van der Waals surface area contributed by atoms with Crippen molar-refractivity contribution in [2.45, 2.75) is 20.0 Å². The Labute approximate surface area is 145 Å². The number of carbonyl (C=O) groups is 3. The Balaban J connectivity index is 1.75. The number of ether oxygens (including phenoxy) is 1. The lowest BCUT2D eigenvalue weighted by atomic mass is 10.1. The zero-order valence-corrected chi connectivity index (χ0v) is 13.8. The molecular weight excluding hydrogens is 320 g/mol. The molecule has 0 aromatic heterocycles. The Morgan fingerprint density at radius 3 is 2.60 bits per heavy atom. The third-order valence-electron chi connectivity index (χ3n) is 4.11. The van der Waals surface area contributed by atoms with Gasteiger partial charge in [0.15, 0.2) is 0 Å². The van der Waals surface area contributed by atoms with Gasteiger partial charge >= 0.3 is 6.03 Å². The molecule has 1 saturated heterocycles. The molecule has 0 spiro atoms. The van der Waals surface area contributed by atoms with Crippen molar-refractivity contribution in [1.82, 2.24) is 5.32 Å². The monoisotopic (exact) mass is 338 g/mol. The van der Waals surface area contributed by atoms with Gasteiger partial charge in [-0.3, -0.25) is 19.8 Å². The molecule has 1 aliphatic heterocycles. The number of amides is 3. The van der Waals surface area contributed by atoms with E-state index < -0.39 is 6.03 Å². The van der Waals surface area contributed by atoms with Gasteiger partial charge in [-0.25, -0.2) is 4.79 Å². The van der Waals surface area contributed by atoms with Crippen LogP contribution in [0.5, 0.6) is 5.75 Å². The van der Waals surface area contributed by atoms with Crippen molar-refractivity contribution in [3.63, 3.8) is 0 Å². The summed E-state index contributed by atoms with van der Waals surface area (Å²) in [5.41, 5.74) is 3.11. The first-order valence-electron chi connectivity index (χ1n) is 7.96. The van der Waals surface area contributed by atoms with E-state index in [0.717, 1.165) is 23.1 Å². The number of urea groups is 1. The quantitative estimate of drug-likeness (QED) is 0.851. The smallest absolute Gasteiger partial charge is 0.328 e. The first kappa shape index (κ1) is 16.7. The zero-order valence-electron chi connectivity index (χ0n) is 13.8. The van der Waals surface area contributed by atoms with Gasteiger partial charge in [-0.15, -0.1) is 0 Å². The molecule has 3 rings (SSSR count). The average molecular weight is 338 g/mol. The molecule has 128 valence electrons. The van der Waals surface area contributed by atoms with E-state index >= 15 is 0 Å². The van der Waals surface area contributed by atoms with Crippen molar-refractivity contribution >= 4 is 23.9 Å². The minimum atomic E-state index is -0.416. The fraction of sp³-hybridized carbons (Fsp3) is 0.211. The van der Waals surface area contributed by atoms with Crippen molar-refractivity contribution < 1.29 is 19.1 Å². The van der Waals surface area contributed by atoms with Crippen molar-refractivity contribution in [3.8, 4) is 5.75 Å². The van der Waals surface area contributed by atoms with Gasteiger partial charge in [-0.05, 0) is 24.6 Å². The predicted octanol–water partition coefficient (Wildman–Crippen LogP) is 2.83. The maximum absolute atomic E-state index is 12.0. The summed E-state index contributed by atoms with van der Waals surface area (Å²) in [5.74, 6) is 0.409. The summed E-state index contributed by atoms with van der Waals surface area (Å²) >= 11 is 0. The lowest BCUT2D eigenvalue weighted by molar-refractivity contribution is -0.120. The van der Waals surface area contributed by atoms with Crippen LogP contribution in [0.1, 0.15) is 27.9 Å². The summed E-state index contributed by atoms with van der Waals surface area (Å²) in [6.07, 6.45) is 1.08. The second-order valence-electron chi connectivity index (χ2n) is 5.80. The van der Waals surface area contributed by atoms with E-state index in [0.29, 0.717) is 24.5 Å². The normalized spacial score (nSPS) is 14.2. The lowest BCUT2D eigenvalue weighted by Crippen LogP contribution is -2.49. The molecule has 3 amide bonds. The summed E-state index contributed by atoms with van der Waals surface area (Å²) in [6.45, 7) is 2.58. The van der Waals surface area contributed by atoms with Gasteiger partial charge in [-0.2, -0.15) is 0 Å². The molecule has 25 heavy (non-hydrogen) atoms. The summed E-state index contributed by atoms with van der Waals surface area (Å²) in [6, 6.07) is 12.2. The highest BCUT2D eigenvalue weighted by Crippen LogP contribution is 2.30. The minimum absolute atomic E-state index is 0.259. The molecule has 0 bridgehead atoms. The fourth-order valence-corrected chi connectivity index (χ4v) is 2.70. The van der Waals surface area contributed by atoms with E-state index in [-0.39, 0.29) is 12.3 Å². The van der Waals surface area contributed by atoms with Crippen molar-refractivity contribution in [2.75, 3.05) is 11.4 Å². The molecule has 0 unspecified atom stereocenters. The average Bonchev–Trinajstić information content (AvgIpc) is 2.62. The summed E-state index contributed by atoms with van der Waals surface area (Å²) in [7, 11) is 0. The van der Waals surface area contributed by atoms with E-state index in [1.54, 1.807) is 17.0 Å². The third-order valence-corrected chi connectivity index (χ3v) is 4.11. The van der Waals surface area contributed by atoms with Crippen molar-refractivity contribution in [3.05, 3.63) is 59.2 Å². The highest BCUT2D eigenvalue weighted by molar-refractivity contribution is 6.06. The standard InChI is InChI=1S/C19H18N2O4/c1-13-16(21-10-9-18(23)20-19(21)24)3-2-4-17(13)25-12-15-7-5-14(11-22)6-8-15/h2-8,11H,9-10,12H2,1H3,(H,20,23,24). The number of imide groups is 1. The zero-order chi connectivity index (χ0) is 17.8. The number of hydrogen-bond donors (Lipinski definition) is 1. The molecule has 1 aliphatic rings. The summed E-state index contributed by atoms with van der Waals surface area (Å²) < 4.78 is 5.87. The largest absolute Gasteiger partial charge is 0.489 e. The number of nitrogens with one attached hydrogen (secondary N) is 1. The molecule has 6 nitrogen and oxygen atoms in total. The van der Waals surface area contributed by atoms with Crippen LogP contribution in [0.3, 0.4) is 0 Å². The number of hydrogen-bond acceptors (Lipinski definition) is 4. The van der Waals surface area contributed by atoms with E-state index in [1.807, 2.05) is 37.3 Å². The van der Waals surface area contributed by atoms with E-state index in [1.165, 1.54) is 0 Å². The van der Waals surface area contributed by atoms with Crippen LogP contribution < -0.4 is 15.0 Å². The van der Waals surface area contributed by atoms with Crippen LogP contribution in [0.15, 0.2) is 42.5 Å². The van der Waals surface area contributed by atoms with Crippen LogP contribution in [0, 0.1) is 6.92 Å². The Kier molecular flexibility index (Phi) is 4.79. The number of benzene rings is 2. The molecule has 0 aliphatic carbocycles. The highest BCUT2D eigenvalue weighted by atomic mass is 16.5. The van der Waals surface area contributed by atoms with Crippen molar-refractivity contribution in [1.29, 1.82) is 0 Å². The Morgan fingerprint density at radius 1 is 1.16 bits per heavy atom. The van der Waals surface area contributed by atoms with Gasteiger partial charge in [0.25, 0.3) is 0 Å². The van der Waals surface area contributed by atoms with E-state index in [4.69, 9.17) is 4.74 Å². The second kappa shape index (κ2) is 7.17. The molecule has 0 radical (unpaired) electrons. The highest BCUT2D eigenvalue weighted by Gasteiger charge is 2.25. The number of anilines is 1. The fourth-order valence-electron chi connectivity index (χ4n) is 2.70. The second-order valence-corrected chi connectivity index (χ2v) is 5.80. The molecule has 6 heteroatoms. The molecule has 0 atom stereocenters. The molecule has 1 heterocycles. The number of rotatable bonds is 5. The maximum Gasteiger partial charge on any atom is 0.328 e. The third kappa shape index (κ3) is 3.68. The molecule has 1 N–H and O–H groups in total. The van der Waals surface area contributed by atoms with Gasteiger partial charge in [0.05, 0.1) is 5.69 Å². The number of nitrogens with zero attached hydrogens (tertiary/aromatic N) is 1. The lowest BCUT2D eigenvalue weighted by Gasteiger charge is -2.28. The van der Waals surface area contributed by atoms with Crippen LogP contribution in [0.25, 0.3) is 0 Å². The first-order valence-corrected chi connectivity index (χ1v) is 7.96. The van der Waals surface area contributed by atoms with Crippen molar-refractivity contribution in [2.24, 2.45) is 0 Å². The first-order chi connectivity index (χ1) is 12.1. The van der Waals surface area contributed by atoms with Gasteiger partial charge in [0, 0.05) is 24.1 Å². The number of aldehydes is 1. The maximum atomic E-state index is 12.0. The molecular formula is C19H18N2O4. The predicted molar refractivity (Wildman–Crippen MR) is 92.8 cm³/mol. The van der Waals surface area contributed by atoms with Gasteiger partial charge in [0.1, 0.15) is 18.6 Å². The minimum Gasteiger partial charge on any atom is -0.489 e. The van der Waals surface area contributed by atoms with Crippen LogP contribution in [-0.4, -0.2) is 24.8 Å². The molecule has 1 fully saturated rings. The Hall–Kier alpha value is -3.15. The van der Waals surface area contributed by atoms with Gasteiger partial charge in [-0.1, -0.05) is 30.3 Å². The molecule has 0 saturated carbocycles. The molecule has 2 aromatic rings. The van der Waals surface area contributed by atoms with Crippen LogP contribution in [-0.2, 0) is 11.4 Å². The summed E-state index contributed by atoms with van der Waals surface area (Å²) in [4.78, 5) is 35.6. The molecule has 2 aromatic carbocycles. The van der Waals surface area contributed by atoms with E-state index in [9.17, 15) is 14.4 Å². The van der Waals surface area contributed by atoms with Gasteiger partial charge < -0.3 is 4.74 Å². The Morgan fingerprint density at radius 2 is 1.92 bits per heavy atom. The van der Waals surface area contributed by atoms with Crippen LogP contribution in [0.2, 0.25) is 0 Å². The number of carbonyl (C=O) groups excluding carboxylic acids is 3. The topological polar surface area (TPSA) is 75.7 Å².